The monoisotopic (exact) mass is 228 g/mol. The molecule has 4 N–H and O–H groups in total. The Morgan fingerprint density at radius 3 is 2.12 bits per heavy atom. The number of nitrogens with zero attached hydrogens (tertiary/aromatic N) is 1. The van der Waals surface area contributed by atoms with E-state index in [1.165, 1.54) is 6.92 Å². The van der Waals surface area contributed by atoms with Gasteiger partial charge < -0.3 is 5.32 Å². The Bertz CT molecular complexity index is 259. The standard InChI is InChI=1S/C11H24N4O/c1-8(16)15(12)13-9-6-10(2,3)14-11(4,5)7-9/h9,13-14H,6-7,12H2,1-5H3. The zero-order valence-corrected chi connectivity index (χ0v) is 10.9. The van der Waals surface area contributed by atoms with Crippen LogP contribution in [0, 0.1) is 0 Å². The number of rotatable bonds is 2. The Kier molecular flexibility index (Phi) is 3.62. The van der Waals surface area contributed by atoms with E-state index in [1.807, 2.05) is 0 Å². The van der Waals surface area contributed by atoms with Gasteiger partial charge in [-0.2, -0.15) is 0 Å². The Morgan fingerprint density at radius 2 is 1.75 bits per heavy atom. The molecule has 5 nitrogen and oxygen atoms in total. The van der Waals surface area contributed by atoms with E-state index >= 15 is 0 Å². The molecule has 16 heavy (non-hydrogen) atoms. The first-order valence-electron chi connectivity index (χ1n) is 5.72. The third-order valence-corrected chi connectivity index (χ3v) is 2.85. The normalized spacial score (nSPS) is 24.1. The first-order valence-corrected chi connectivity index (χ1v) is 5.72. The molecule has 0 spiro atoms. The summed E-state index contributed by atoms with van der Waals surface area (Å²) in [6, 6.07) is 0.222. The van der Waals surface area contributed by atoms with Crippen LogP contribution in [-0.4, -0.2) is 28.1 Å². The molecule has 0 bridgehead atoms. The van der Waals surface area contributed by atoms with Gasteiger partial charge in [-0.25, -0.2) is 16.4 Å². The molecule has 1 saturated heterocycles. The fraction of sp³-hybridized carbons (Fsp3) is 0.909. The zero-order valence-electron chi connectivity index (χ0n) is 10.9. The second-order valence-electron chi connectivity index (χ2n) is 6.02. The topological polar surface area (TPSA) is 70.4 Å². The van der Waals surface area contributed by atoms with Crippen LogP contribution in [0.5, 0.6) is 0 Å². The van der Waals surface area contributed by atoms with Crippen LogP contribution in [0.4, 0.5) is 0 Å². The molecule has 0 aromatic heterocycles. The van der Waals surface area contributed by atoms with Crippen molar-refractivity contribution in [3.05, 3.63) is 0 Å². The van der Waals surface area contributed by atoms with Crippen LogP contribution in [0.25, 0.3) is 0 Å². The molecule has 1 aliphatic rings. The molecule has 0 aliphatic carbocycles. The lowest BCUT2D eigenvalue weighted by Gasteiger charge is -2.47. The van der Waals surface area contributed by atoms with E-state index in [-0.39, 0.29) is 23.0 Å². The largest absolute Gasteiger partial charge is 0.307 e. The van der Waals surface area contributed by atoms with Crippen molar-refractivity contribution in [2.45, 2.75) is 64.6 Å². The van der Waals surface area contributed by atoms with Crippen LogP contribution >= 0.6 is 0 Å². The molecule has 0 atom stereocenters. The highest BCUT2D eigenvalue weighted by atomic mass is 16.2. The van der Waals surface area contributed by atoms with Crippen LogP contribution < -0.4 is 16.6 Å². The smallest absolute Gasteiger partial charge is 0.248 e. The second-order valence-corrected chi connectivity index (χ2v) is 6.02. The summed E-state index contributed by atoms with van der Waals surface area (Å²) in [6.07, 6.45) is 1.88. The van der Waals surface area contributed by atoms with Gasteiger partial charge in [0.25, 0.3) is 0 Å². The molecular weight excluding hydrogens is 204 g/mol. The van der Waals surface area contributed by atoms with E-state index < -0.39 is 0 Å². The van der Waals surface area contributed by atoms with Gasteiger partial charge in [-0.15, -0.1) is 0 Å². The van der Waals surface area contributed by atoms with Gasteiger partial charge in [0.05, 0.1) is 0 Å². The fourth-order valence-corrected chi connectivity index (χ4v) is 2.70. The lowest BCUT2D eigenvalue weighted by atomic mass is 9.80. The van der Waals surface area contributed by atoms with Crippen molar-refractivity contribution in [2.75, 3.05) is 0 Å². The second kappa shape index (κ2) is 4.31. The highest BCUT2D eigenvalue weighted by Gasteiger charge is 2.38. The van der Waals surface area contributed by atoms with Gasteiger partial charge in [-0.3, -0.25) is 4.79 Å². The van der Waals surface area contributed by atoms with Crippen molar-refractivity contribution in [3.8, 4) is 0 Å². The summed E-state index contributed by atoms with van der Waals surface area (Å²) in [7, 11) is 0. The maximum atomic E-state index is 11.1. The summed E-state index contributed by atoms with van der Waals surface area (Å²) in [5.74, 6) is 5.40. The number of nitrogens with two attached hydrogens (primary N) is 1. The van der Waals surface area contributed by atoms with E-state index in [2.05, 4.69) is 38.4 Å². The fourth-order valence-electron chi connectivity index (χ4n) is 2.70. The maximum absolute atomic E-state index is 11.1. The van der Waals surface area contributed by atoms with Crippen molar-refractivity contribution < 1.29 is 4.79 Å². The molecule has 0 saturated carbocycles. The van der Waals surface area contributed by atoms with E-state index in [0.717, 1.165) is 18.0 Å². The molecule has 1 fully saturated rings. The van der Waals surface area contributed by atoms with E-state index in [1.54, 1.807) is 0 Å². The third kappa shape index (κ3) is 3.73. The van der Waals surface area contributed by atoms with Gasteiger partial charge in [0, 0.05) is 24.0 Å². The molecule has 0 aromatic carbocycles. The Labute approximate surface area is 97.7 Å². The van der Waals surface area contributed by atoms with Gasteiger partial charge in [-0.1, -0.05) is 0 Å². The first kappa shape index (κ1) is 13.4. The van der Waals surface area contributed by atoms with Crippen LogP contribution in [0.15, 0.2) is 0 Å². The highest BCUT2D eigenvalue weighted by Crippen LogP contribution is 2.28. The Hall–Kier alpha value is -0.650. The maximum Gasteiger partial charge on any atom is 0.248 e. The number of carbonyl (C=O) groups excluding carboxylic acids is 1. The van der Waals surface area contributed by atoms with Gasteiger partial charge in [0.1, 0.15) is 0 Å². The van der Waals surface area contributed by atoms with Crippen LogP contribution in [0.2, 0.25) is 0 Å². The van der Waals surface area contributed by atoms with Crippen molar-refractivity contribution >= 4 is 5.91 Å². The van der Waals surface area contributed by atoms with E-state index in [9.17, 15) is 4.79 Å². The molecule has 5 heteroatoms. The number of nitrogens with one attached hydrogen (secondary N) is 2. The molecule has 1 aliphatic heterocycles. The number of hydrogen-bond donors (Lipinski definition) is 3. The molecule has 1 amide bonds. The van der Waals surface area contributed by atoms with Crippen LogP contribution in [0.3, 0.4) is 0 Å². The zero-order chi connectivity index (χ0) is 12.6. The van der Waals surface area contributed by atoms with Crippen molar-refractivity contribution in [2.24, 2.45) is 5.84 Å². The predicted octanol–water partition coefficient (Wildman–Crippen LogP) is 0.522. The summed E-state index contributed by atoms with van der Waals surface area (Å²) >= 11 is 0. The summed E-state index contributed by atoms with van der Waals surface area (Å²) in [5.41, 5.74) is 3.16. The minimum Gasteiger partial charge on any atom is -0.307 e. The predicted molar refractivity (Wildman–Crippen MR) is 64.2 cm³/mol. The highest BCUT2D eigenvalue weighted by molar-refractivity contribution is 5.71. The average Bonchev–Trinajstić information content (AvgIpc) is 1.96. The van der Waals surface area contributed by atoms with E-state index in [4.69, 9.17) is 5.84 Å². The van der Waals surface area contributed by atoms with Crippen LogP contribution in [0.1, 0.15) is 47.5 Å². The van der Waals surface area contributed by atoms with Gasteiger partial charge in [0.2, 0.25) is 5.91 Å². The Morgan fingerprint density at radius 1 is 1.31 bits per heavy atom. The molecular formula is C11H24N4O. The minimum atomic E-state index is -0.172. The third-order valence-electron chi connectivity index (χ3n) is 2.85. The molecule has 1 rings (SSSR count). The van der Waals surface area contributed by atoms with Crippen molar-refractivity contribution in [1.82, 2.24) is 15.9 Å². The SMILES string of the molecule is CC(=O)N(N)NC1CC(C)(C)NC(C)(C)C1. The molecule has 0 radical (unpaired) electrons. The summed E-state index contributed by atoms with van der Waals surface area (Å²) < 4.78 is 0. The molecule has 94 valence electrons. The number of amides is 1. The number of carbonyl (C=O) groups is 1. The van der Waals surface area contributed by atoms with Gasteiger partial charge in [0.15, 0.2) is 0 Å². The Balaban J connectivity index is 2.64. The molecule has 0 unspecified atom stereocenters. The average molecular weight is 228 g/mol. The molecule has 1 heterocycles. The number of hydrazine groups is 2. The van der Waals surface area contributed by atoms with Crippen LogP contribution in [-0.2, 0) is 4.79 Å². The van der Waals surface area contributed by atoms with Crippen molar-refractivity contribution in [3.63, 3.8) is 0 Å². The first-order chi connectivity index (χ1) is 7.11. The van der Waals surface area contributed by atoms with Gasteiger partial charge in [-0.05, 0) is 40.5 Å². The van der Waals surface area contributed by atoms with Gasteiger partial charge >= 0.3 is 0 Å². The lowest BCUT2D eigenvalue weighted by molar-refractivity contribution is -0.133. The minimum absolute atomic E-state index is 0.0526. The summed E-state index contributed by atoms with van der Waals surface area (Å²) in [6.45, 7) is 10.1. The summed E-state index contributed by atoms with van der Waals surface area (Å²) in [5, 5.41) is 4.67. The lowest BCUT2D eigenvalue weighted by Crippen LogP contribution is -2.64. The quantitative estimate of drug-likeness (QED) is 0.366. The number of piperidine rings is 1. The summed E-state index contributed by atoms with van der Waals surface area (Å²) in [4.78, 5) is 11.1. The van der Waals surface area contributed by atoms with E-state index in [0.29, 0.717) is 0 Å². The van der Waals surface area contributed by atoms with Crippen molar-refractivity contribution in [1.29, 1.82) is 0 Å². The molecule has 0 aromatic rings. The number of hydrogen-bond acceptors (Lipinski definition) is 4.